The molecule has 1 aliphatic heterocycles. The third-order valence-corrected chi connectivity index (χ3v) is 3.32. The monoisotopic (exact) mass is 320 g/mol. The highest BCUT2D eigenvalue weighted by Crippen LogP contribution is 2.24. The summed E-state index contributed by atoms with van der Waals surface area (Å²) in [7, 11) is 0. The number of hydrogen-bond donors (Lipinski definition) is 0. The Balaban J connectivity index is 1.84. The number of carbonyl (C=O) groups excluding carboxylic acids is 1. The first-order valence-electron chi connectivity index (χ1n) is 6.81. The molecule has 1 atom stereocenters. The third-order valence-electron chi connectivity index (χ3n) is 3.32. The topological polar surface area (TPSA) is 51.5 Å². The number of carbonyl (C=O) groups is 1. The molecule has 1 aromatic carbocycles. The number of hydrogen-bond acceptors (Lipinski definition) is 3. The van der Waals surface area contributed by atoms with Gasteiger partial charge < -0.3 is 4.74 Å². The Morgan fingerprint density at radius 2 is 2.00 bits per heavy atom. The summed E-state index contributed by atoms with van der Waals surface area (Å²) in [6.07, 6.45) is -1.23. The van der Waals surface area contributed by atoms with Crippen LogP contribution in [-0.4, -0.2) is 17.3 Å². The minimum atomic E-state index is -4.74. The average Bonchev–Trinajstić information content (AvgIpc) is 2.46. The molecule has 0 spiro atoms. The Bertz CT molecular complexity index is 862. The van der Waals surface area contributed by atoms with E-state index in [2.05, 4.69) is 14.7 Å². The van der Waals surface area contributed by atoms with Crippen LogP contribution >= 0.6 is 0 Å². The van der Waals surface area contributed by atoms with Crippen LogP contribution in [0.1, 0.15) is 5.56 Å². The van der Waals surface area contributed by atoms with Gasteiger partial charge >= 0.3 is 6.36 Å². The van der Waals surface area contributed by atoms with E-state index in [0.717, 1.165) is 5.22 Å². The van der Waals surface area contributed by atoms with Gasteiger partial charge in [0.15, 0.2) is 5.49 Å². The van der Waals surface area contributed by atoms with E-state index in [0.29, 0.717) is 11.1 Å². The summed E-state index contributed by atoms with van der Waals surface area (Å²) in [6, 6.07) is 9.10. The standard InChI is InChI=1S/C16H11F3N2O2/c17-16(18,19)23-13-5-1-3-10(8-13)7-12-9-11-4-2-6-20-14(11)21-15(12)22/h1-6,8-9,12H,7H2. The number of fused-ring (bicyclic) bond motifs is 1. The molecular formula is C16H11F3N2O2. The molecule has 1 amide bonds. The van der Waals surface area contributed by atoms with E-state index in [-0.39, 0.29) is 18.1 Å². The number of amides is 1. The maximum Gasteiger partial charge on any atom is 0.573 e. The van der Waals surface area contributed by atoms with E-state index in [1.54, 1.807) is 30.5 Å². The fraction of sp³-hybridized carbons (Fsp3) is 0.188. The molecule has 118 valence electrons. The highest BCUT2D eigenvalue weighted by molar-refractivity contribution is 5.86. The van der Waals surface area contributed by atoms with Crippen molar-refractivity contribution < 1.29 is 22.7 Å². The van der Waals surface area contributed by atoms with Crippen molar-refractivity contribution in [2.24, 2.45) is 10.9 Å². The molecular weight excluding hydrogens is 309 g/mol. The van der Waals surface area contributed by atoms with Crippen molar-refractivity contribution in [3.63, 3.8) is 0 Å². The van der Waals surface area contributed by atoms with E-state index >= 15 is 0 Å². The third kappa shape index (κ3) is 3.74. The molecule has 3 rings (SSSR count). The minimum Gasteiger partial charge on any atom is -0.406 e. The van der Waals surface area contributed by atoms with Gasteiger partial charge in [-0.3, -0.25) is 4.79 Å². The normalized spacial score (nSPS) is 17.0. The van der Waals surface area contributed by atoms with Gasteiger partial charge in [0.1, 0.15) is 5.75 Å². The summed E-state index contributed by atoms with van der Waals surface area (Å²) >= 11 is 0. The Morgan fingerprint density at radius 1 is 1.17 bits per heavy atom. The molecule has 23 heavy (non-hydrogen) atoms. The van der Waals surface area contributed by atoms with Crippen molar-refractivity contribution in [2.45, 2.75) is 12.8 Å². The lowest BCUT2D eigenvalue weighted by molar-refractivity contribution is -0.274. The largest absolute Gasteiger partial charge is 0.573 e. The van der Waals surface area contributed by atoms with Crippen molar-refractivity contribution in [3.05, 3.63) is 58.9 Å². The summed E-state index contributed by atoms with van der Waals surface area (Å²) in [4.78, 5) is 19.9. The SMILES string of the molecule is O=C1N=c2ncccc2=CC1Cc1cccc(OC(F)(F)F)c1. The van der Waals surface area contributed by atoms with Gasteiger partial charge in [-0.25, -0.2) is 4.98 Å². The van der Waals surface area contributed by atoms with Gasteiger partial charge in [0.2, 0.25) is 0 Å². The van der Waals surface area contributed by atoms with Crippen LogP contribution in [0.5, 0.6) is 5.75 Å². The summed E-state index contributed by atoms with van der Waals surface area (Å²) in [5, 5.41) is 0.736. The molecule has 2 aromatic rings. The Hall–Kier alpha value is -2.70. The summed E-state index contributed by atoms with van der Waals surface area (Å²) in [6.45, 7) is 0. The molecule has 0 bridgehead atoms. The van der Waals surface area contributed by atoms with Crippen LogP contribution in [0, 0.1) is 5.92 Å². The first-order valence-corrected chi connectivity index (χ1v) is 6.81. The number of ether oxygens (including phenoxy) is 1. The first-order chi connectivity index (χ1) is 10.9. The van der Waals surface area contributed by atoms with Gasteiger partial charge in [-0.15, -0.1) is 13.2 Å². The molecule has 4 nitrogen and oxygen atoms in total. The highest BCUT2D eigenvalue weighted by Gasteiger charge is 2.31. The molecule has 0 fully saturated rings. The van der Waals surface area contributed by atoms with Gasteiger partial charge in [-0.2, -0.15) is 4.99 Å². The first kappa shape index (κ1) is 15.2. The number of halogens is 3. The lowest BCUT2D eigenvalue weighted by atomic mass is 9.96. The molecule has 0 saturated carbocycles. The van der Waals surface area contributed by atoms with Crippen molar-refractivity contribution in [3.8, 4) is 5.75 Å². The van der Waals surface area contributed by atoms with E-state index in [9.17, 15) is 18.0 Å². The van der Waals surface area contributed by atoms with Crippen molar-refractivity contribution in [2.75, 3.05) is 0 Å². The Labute approximate surface area is 129 Å². The highest BCUT2D eigenvalue weighted by atomic mass is 19.4. The molecule has 0 saturated heterocycles. The van der Waals surface area contributed by atoms with Crippen LogP contribution in [0.3, 0.4) is 0 Å². The second-order valence-corrected chi connectivity index (χ2v) is 5.04. The summed E-state index contributed by atoms with van der Waals surface area (Å²) in [5.74, 6) is -1.21. The second kappa shape index (κ2) is 5.83. The maximum atomic E-state index is 12.3. The number of alkyl halides is 3. The quantitative estimate of drug-likeness (QED) is 0.866. The second-order valence-electron chi connectivity index (χ2n) is 5.04. The zero-order valence-corrected chi connectivity index (χ0v) is 11.7. The number of nitrogens with zero attached hydrogens (tertiary/aromatic N) is 2. The van der Waals surface area contributed by atoms with Crippen LogP contribution in [0.25, 0.3) is 6.08 Å². The van der Waals surface area contributed by atoms with E-state index in [1.807, 2.05) is 0 Å². The van der Waals surface area contributed by atoms with E-state index in [1.165, 1.54) is 18.2 Å². The van der Waals surface area contributed by atoms with Crippen molar-refractivity contribution in [1.29, 1.82) is 0 Å². The fourth-order valence-corrected chi connectivity index (χ4v) is 2.38. The zero-order chi connectivity index (χ0) is 16.4. The fourth-order valence-electron chi connectivity index (χ4n) is 2.38. The predicted molar refractivity (Wildman–Crippen MR) is 74.8 cm³/mol. The van der Waals surface area contributed by atoms with Crippen LogP contribution in [0.15, 0.2) is 47.6 Å². The molecule has 0 N–H and O–H groups in total. The van der Waals surface area contributed by atoms with E-state index < -0.39 is 12.3 Å². The lowest BCUT2D eigenvalue weighted by Crippen LogP contribution is -2.36. The molecule has 1 unspecified atom stereocenters. The van der Waals surface area contributed by atoms with Crippen molar-refractivity contribution in [1.82, 2.24) is 4.98 Å². The molecule has 1 aromatic heterocycles. The Kier molecular flexibility index (Phi) is 3.85. The smallest absolute Gasteiger partial charge is 0.406 e. The molecule has 1 aliphatic rings. The van der Waals surface area contributed by atoms with Crippen LogP contribution in [-0.2, 0) is 11.2 Å². The minimum absolute atomic E-state index is 0.242. The van der Waals surface area contributed by atoms with Crippen LogP contribution in [0.4, 0.5) is 13.2 Å². The predicted octanol–water partition coefficient (Wildman–Crippen LogP) is 1.78. The molecule has 0 aliphatic carbocycles. The summed E-state index contributed by atoms with van der Waals surface area (Å²) in [5.41, 5.74) is 0.923. The summed E-state index contributed by atoms with van der Waals surface area (Å²) < 4.78 is 40.6. The number of aromatic nitrogens is 1. The van der Waals surface area contributed by atoms with Gasteiger partial charge in [-0.1, -0.05) is 18.2 Å². The van der Waals surface area contributed by atoms with Crippen LogP contribution < -0.4 is 15.4 Å². The van der Waals surface area contributed by atoms with Gasteiger partial charge in [0.05, 0.1) is 5.92 Å². The zero-order valence-electron chi connectivity index (χ0n) is 11.7. The van der Waals surface area contributed by atoms with Gasteiger partial charge in [0.25, 0.3) is 5.91 Å². The van der Waals surface area contributed by atoms with Gasteiger partial charge in [0, 0.05) is 11.4 Å². The molecule has 0 radical (unpaired) electrons. The number of rotatable bonds is 3. The van der Waals surface area contributed by atoms with E-state index in [4.69, 9.17) is 0 Å². The molecule has 2 heterocycles. The maximum absolute atomic E-state index is 12.3. The molecule has 7 heteroatoms. The lowest BCUT2D eigenvalue weighted by Gasteiger charge is -2.13. The average molecular weight is 320 g/mol. The van der Waals surface area contributed by atoms with Crippen molar-refractivity contribution >= 4 is 12.0 Å². The number of benzene rings is 1. The Morgan fingerprint density at radius 3 is 2.78 bits per heavy atom. The number of pyridine rings is 1. The van der Waals surface area contributed by atoms with Gasteiger partial charge in [-0.05, 0) is 36.2 Å². The van der Waals surface area contributed by atoms with Crippen LogP contribution in [0.2, 0.25) is 0 Å².